The first-order valence-electron chi connectivity index (χ1n) is 13.7. The van der Waals surface area contributed by atoms with E-state index in [-0.39, 0.29) is 30.2 Å². The Balaban J connectivity index is 1.32. The highest BCUT2D eigenvalue weighted by molar-refractivity contribution is 7.80. The molecule has 5 aromatic rings. The number of nitrogens with one attached hydrogen (secondary N) is 2. The molecule has 41 heavy (non-hydrogen) atoms. The molecule has 0 spiro atoms. The third-order valence-corrected chi connectivity index (χ3v) is 8.11. The number of para-hydroxylation sites is 2. The van der Waals surface area contributed by atoms with Gasteiger partial charge in [0.25, 0.3) is 0 Å². The van der Waals surface area contributed by atoms with E-state index in [1.807, 2.05) is 85.8 Å². The summed E-state index contributed by atoms with van der Waals surface area (Å²) in [5, 5.41) is 19.9. The molecule has 2 atom stereocenters. The summed E-state index contributed by atoms with van der Waals surface area (Å²) in [6.45, 7) is 4.51. The number of hydrogen-bond donors (Lipinski definition) is 3. The molecule has 1 saturated heterocycles. The van der Waals surface area contributed by atoms with Crippen molar-refractivity contribution >= 4 is 39.7 Å². The molecule has 3 aromatic carbocycles. The van der Waals surface area contributed by atoms with E-state index in [9.17, 15) is 9.90 Å². The first kappa shape index (κ1) is 26.5. The lowest BCUT2D eigenvalue weighted by molar-refractivity contribution is -0.116. The fraction of sp³-hybridized carbons (Fsp3) is 0.182. The molecule has 1 fully saturated rings. The van der Waals surface area contributed by atoms with Crippen LogP contribution >= 0.6 is 12.2 Å². The summed E-state index contributed by atoms with van der Waals surface area (Å²) in [5.74, 6) is 0.132. The first-order chi connectivity index (χ1) is 19.9. The minimum absolute atomic E-state index is 0.0798. The van der Waals surface area contributed by atoms with Gasteiger partial charge in [0.15, 0.2) is 5.11 Å². The number of amides is 1. The topological polar surface area (TPSA) is 82.4 Å². The molecule has 8 heteroatoms. The summed E-state index contributed by atoms with van der Waals surface area (Å²) in [7, 11) is 0. The highest BCUT2D eigenvalue weighted by atomic mass is 32.1. The summed E-state index contributed by atoms with van der Waals surface area (Å²) in [5.41, 5.74) is 5.43. The van der Waals surface area contributed by atoms with E-state index in [4.69, 9.17) is 12.2 Å². The Labute approximate surface area is 244 Å². The van der Waals surface area contributed by atoms with Crippen molar-refractivity contribution < 1.29 is 9.90 Å². The lowest BCUT2D eigenvalue weighted by Crippen LogP contribution is -2.33. The van der Waals surface area contributed by atoms with Crippen molar-refractivity contribution in [2.75, 3.05) is 11.9 Å². The van der Waals surface area contributed by atoms with E-state index in [0.717, 1.165) is 44.8 Å². The highest BCUT2D eigenvalue weighted by Gasteiger charge is 2.41. The van der Waals surface area contributed by atoms with E-state index < -0.39 is 0 Å². The van der Waals surface area contributed by atoms with Gasteiger partial charge in [0, 0.05) is 41.6 Å². The van der Waals surface area contributed by atoms with Gasteiger partial charge < -0.3 is 25.2 Å². The number of aromatic hydroxyl groups is 1. The zero-order valence-corrected chi connectivity index (χ0v) is 23.7. The van der Waals surface area contributed by atoms with Gasteiger partial charge in [-0.15, -0.1) is 0 Å². The van der Waals surface area contributed by atoms with Crippen LogP contribution in [-0.4, -0.2) is 37.1 Å². The third kappa shape index (κ3) is 5.02. The number of benzene rings is 3. The SMILES string of the molecule is Cc1cc(C2C(c3ccccn3)NC(=S)N2CCC(=O)Nc2cccc3ccccc23)c(C)n1-c1ccccc1O. The van der Waals surface area contributed by atoms with E-state index in [2.05, 4.69) is 38.1 Å². The average Bonchev–Trinajstić information content (AvgIpc) is 3.47. The summed E-state index contributed by atoms with van der Waals surface area (Å²) in [6, 6.07) is 28.8. The molecule has 2 unspecified atom stereocenters. The molecule has 1 aliphatic heterocycles. The number of rotatable bonds is 7. The van der Waals surface area contributed by atoms with Gasteiger partial charge in [-0.3, -0.25) is 9.78 Å². The van der Waals surface area contributed by atoms with Crippen LogP contribution in [-0.2, 0) is 4.79 Å². The van der Waals surface area contributed by atoms with Crippen molar-refractivity contribution in [3.05, 3.63) is 120 Å². The number of aryl methyl sites for hydroxylation is 1. The van der Waals surface area contributed by atoms with Crippen LogP contribution in [0.5, 0.6) is 5.75 Å². The van der Waals surface area contributed by atoms with Crippen LogP contribution in [0.3, 0.4) is 0 Å². The van der Waals surface area contributed by atoms with Crippen molar-refractivity contribution in [2.24, 2.45) is 0 Å². The van der Waals surface area contributed by atoms with Crippen LogP contribution in [0.4, 0.5) is 5.69 Å². The minimum Gasteiger partial charge on any atom is -0.506 e. The minimum atomic E-state index is -0.205. The number of fused-ring (bicyclic) bond motifs is 1. The molecule has 2 aromatic heterocycles. The van der Waals surface area contributed by atoms with Gasteiger partial charge in [0.05, 0.1) is 23.5 Å². The highest BCUT2D eigenvalue weighted by Crippen LogP contribution is 2.42. The van der Waals surface area contributed by atoms with Gasteiger partial charge in [-0.25, -0.2) is 0 Å². The van der Waals surface area contributed by atoms with Crippen molar-refractivity contribution in [1.29, 1.82) is 0 Å². The quantitative estimate of drug-likeness (QED) is 0.201. The number of anilines is 1. The molecule has 3 heterocycles. The Kier molecular flexibility index (Phi) is 7.15. The van der Waals surface area contributed by atoms with Gasteiger partial charge >= 0.3 is 0 Å². The molecule has 0 bridgehead atoms. The summed E-state index contributed by atoms with van der Waals surface area (Å²) < 4.78 is 2.06. The monoisotopic (exact) mass is 561 g/mol. The van der Waals surface area contributed by atoms with E-state index >= 15 is 0 Å². The van der Waals surface area contributed by atoms with E-state index in [1.54, 1.807) is 12.3 Å². The van der Waals surface area contributed by atoms with Crippen LogP contribution in [0.2, 0.25) is 0 Å². The molecule has 7 nitrogen and oxygen atoms in total. The fourth-order valence-corrected chi connectivity index (χ4v) is 6.20. The second-order valence-corrected chi connectivity index (χ2v) is 10.7. The zero-order chi connectivity index (χ0) is 28.5. The Morgan fingerprint density at radius 2 is 1.76 bits per heavy atom. The molecule has 0 radical (unpaired) electrons. The lowest BCUT2D eigenvalue weighted by Gasteiger charge is -2.28. The number of pyridine rings is 1. The average molecular weight is 562 g/mol. The first-order valence-corrected chi connectivity index (χ1v) is 14.1. The number of thiocarbonyl (C=S) groups is 1. The molecule has 0 aliphatic carbocycles. The Bertz CT molecular complexity index is 1740. The van der Waals surface area contributed by atoms with Crippen molar-refractivity contribution in [3.8, 4) is 11.4 Å². The van der Waals surface area contributed by atoms with Crippen LogP contribution in [0.15, 0.2) is 97.2 Å². The number of phenols is 1. The molecule has 0 saturated carbocycles. The van der Waals surface area contributed by atoms with Gasteiger partial charge in [0.1, 0.15) is 5.75 Å². The second kappa shape index (κ2) is 11.1. The van der Waals surface area contributed by atoms with Gasteiger partial charge in [-0.1, -0.05) is 54.6 Å². The van der Waals surface area contributed by atoms with Crippen molar-refractivity contribution in [3.63, 3.8) is 0 Å². The lowest BCUT2D eigenvalue weighted by atomic mass is 9.96. The van der Waals surface area contributed by atoms with Crippen LogP contribution < -0.4 is 10.6 Å². The number of phenolic OH excluding ortho intramolecular Hbond substituents is 1. The van der Waals surface area contributed by atoms with Crippen LogP contribution in [0.25, 0.3) is 16.5 Å². The Morgan fingerprint density at radius 1 is 1.00 bits per heavy atom. The predicted octanol–water partition coefficient (Wildman–Crippen LogP) is 6.35. The van der Waals surface area contributed by atoms with Crippen molar-refractivity contribution in [2.45, 2.75) is 32.4 Å². The molecule has 3 N–H and O–H groups in total. The Morgan fingerprint density at radius 3 is 2.56 bits per heavy atom. The summed E-state index contributed by atoms with van der Waals surface area (Å²) in [6.07, 6.45) is 2.04. The molecule has 206 valence electrons. The molecule has 6 rings (SSSR count). The maximum atomic E-state index is 13.2. The Hall–Kier alpha value is -4.69. The van der Waals surface area contributed by atoms with Crippen LogP contribution in [0, 0.1) is 13.8 Å². The van der Waals surface area contributed by atoms with Gasteiger partial charge in [0.2, 0.25) is 5.91 Å². The van der Waals surface area contributed by atoms with E-state index in [1.165, 1.54) is 0 Å². The maximum Gasteiger partial charge on any atom is 0.226 e. The maximum absolute atomic E-state index is 13.2. The van der Waals surface area contributed by atoms with Crippen molar-refractivity contribution in [1.82, 2.24) is 19.8 Å². The molecule has 1 amide bonds. The number of aromatic nitrogens is 2. The molecule has 1 aliphatic rings. The van der Waals surface area contributed by atoms with Gasteiger partial charge in [-0.05, 0) is 73.4 Å². The van der Waals surface area contributed by atoms with Gasteiger partial charge in [-0.2, -0.15) is 0 Å². The predicted molar refractivity (Wildman–Crippen MR) is 166 cm³/mol. The third-order valence-electron chi connectivity index (χ3n) is 7.75. The van der Waals surface area contributed by atoms with E-state index in [0.29, 0.717) is 11.7 Å². The van der Waals surface area contributed by atoms with Crippen LogP contribution in [0.1, 0.15) is 41.1 Å². The number of hydrogen-bond acceptors (Lipinski definition) is 4. The normalized spacial score (nSPS) is 16.6. The number of carbonyl (C=O) groups is 1. The summed E-state index contributed by atoms with van der Waals surface area (Å²) >= 11 is 5.85. The smallest absolute Gasteiger partial charge is 0.226 e. The largest absolute Gasteiger partial charge is 0.506 e. The zero-order valence-electron chi connectivity index (χ0n) is 22.9. The molecular formula is C33H31N5O2S. The fourth-order valence-electron chi connectivity index (χ4n) is 5.86. The molecular weight excluding hydrogens is 530 g/mol. The number of carbonyl (C=O) groups excluding carboxylic acids is 1. The second-order valence-electron chi connectivity index (χ2n) is 10.3. The number of nitrogens with zero attached hydrogens (tertiary/aromatic N) is 3. The standard InChI is InChI=1S/C33H31N5O2S/c1-21-20-25(22(2)38(21)28-15-5-6-16-29(28)39)32-31(27-13-7-8-18-34-27)36-33(41)37(32)19-17-30(40)35-26-14-9-11-23-10-3-4-12-24(23)26/h3-16,18,20,31-32,39H,17,19H2,1-2H3,(H,35,40)(H,36,41). The summed E-state index contributed by atoms with van der Waals surface area (Å²) in [4.78, 5) is 19.9.